The van der Waals surface area contributed by atoms with Crippen molar-refractivity contribution in [1.82, 2.24) is 10.4 Å². The van der Waals surface area contributed by atoms with Gasteiger partial charge in [-0.05, 0) is 67.2 Å². The van der Waals surface area contributed by atoms with Gasteiger partial charge in [0.15, 0.2) is 15.8 Å². The van der Waals surface area contributed by atoms with Gasteiger partial charge in [0.2, 0.25) is 0 Å². The minimum Gasteiger partial charge on any atom is -0.490 e. The van der Waals surface area contributed by atoms with Gasteiger partial charge in [0.25, 0.3) is 11.8 Å². The summed E-state index contributed by atoms with van der Waals surface area (Å²) in [6.45, 7) is 2.53. The summed E-state index contributed by atoms with van der Waals surface area (Å²) in [6.07, 6.45) is 1.69. The van der Waals surface area contributed by atoms with Gasteiger partial charge in [-0.25, -0.2) is 0 Å². The van der Waals surface area contributed by atoms with E-state index in [4.69, 9.17) is 44.9 Å². The van der Waals surface area contributed by atoms with Crippen LogP contribution in [0.25, 0.3) is 6.08 Å². The van der Waals surface area contributed by atoms with Crippen LogP contribution in [0.4, 0.5) is 0 Å². The fraction of sp³-hybridized carbons (Fsp3) is 0.115. The van der Waals surface area contributed by atoms with Crippen molar-refractivity contribution in [2.75, 3.05) is 6.61 Å². The van der Waals surface area contributed by atoms with Gasteiger partial charge < -0.3 is 9.47 Å². The highest BCUT2D eigenvalue weighted by atomic mass is 35.5. The van der Waals surface area contributed by atoms with Crippen molar-refractivity contribution in [3.05, 3.63) is 98.4 Å². The highest BCUT2D eigenvalue weighted by Crippen LogP contribution is 2.35. The zero-order chi connectivity index (χ0) is 25.7. The van der Waals surface area contributed by atoms with Crippen LogP contribution >= 0.6 is 47.2 Å². The Morgan fingerprint density at radius 2 is 1.83 bits per heavy atom. The maximum absolute atomic E-state index is 12.9. The van der Waals surface area contributed by atoms with Crippen LogP contribution in [0.3, 0.4) is 0 Å². The van der Waals surface area contributed by atoms with E-state index in [-0.39, 0.29) is 10.9 Å². The van der Waals surface area contributed by atoms with E-state index < -0.39 is 11.8 Å². The van der Waals surface area contributed by atoms with Crippen molar-refractivity contribution in [1.29, 1.82) is 0 Å². The third kappa shape index (κ3) is 6.20. The van der Waals surface area contributed by atoms with Crippen molar-refractivity contribution in [3.63, 3.8) is 0 Å². The first-order chi connectivity index (χ1) is 17.4. The number of hydrogen-bond donors (Lipinski definition) is 1. The highest BCUT2D eigenvalue weighted by molar-refractivity contribution is 8.26. The monoisotopic (exact) mass is 558 g/mol. The Kier molecular flexibility index (Phi) is 8.53. The molecule has 0 aromatic heterocycles. The SMILES string of the molecule is CCOc1cc(/C=C2/SC(=S)N(NC(=O)c3ccccc3)C2=O)ccc1OCc1ccc(Cl)cc1Cl. The molecule has 10 heteroatoms. The molecule has 0 bridgehead atoms. The topological polar surface area (TPSA) is 67.9 Å². The van der Waals surface area contributed by atoms with E-state index >= 15 is 0 Å². The number of nitrogens with zero attached hydrogens (tertiary/aromatic N) is 1. The quantitative estimate of drug-likeness (QED) is 0.251. The Hall–Kier alpha value is -3.04. The highest BCUT2D eigenvalue weighted by Gasteiger charge is 2.33. The van der Waals surface area contributed by atoms with Crippen molar-refractivity contribution in [3.8, 4) is 11.5 Å². The first kappa shape index (κ1) is 26.0. The van der Waals surface area contributed by atoms with E-state index in [0.29, 0.717) is 44.2 Å². The first-order valence-electron chi connectivity index (χ1n) is 10.8. The summed E-state index contributed by atoms with van der Waals surface area (Å²) in [6, 6.07) is 19.2. The molecule has 0 radical (unpaired) electrons. The van der Waals surface area contributed by atoms with Crippen LogP contribution in [0.5, 0.6) is 11.5 Å². The number of thioether (sulfide) groups is 1. The number of rotatable bonds is 8. The fourth-order valence-electron chi connectivity index (χ4n) is 3.27. The van der Waals surface area contributed by atoms with Gasteiger partial charge in [0.1, 0.15) is 6.61 Å². The number of carbonyl (C=O) groups is 2. The molecular weight excluding hydrogens is 539 g/mol. The molecular formula is C26H20Cl2N2O4S2. The smallest absolute Gasteiger partial charge is 0.285 e. The van der Waals surface area contributed by atoms with Gasteiger partial charge in [-0.3, -0.25) is 15.0 Å². The van der Waals surface area contributed by atoms with Crippen LogP contribution < -0.4 is 14.9 Å². The summed E-state index contributed by atoms with van der Waals surface area (Å²) in [5, 5.41) is 2.14. The van der Waals surface area contributed by atoms with Gasteiger partial charge >= 0.3 is 0 Å². The summed E-state index contributed by atoms with van der Waals surface area (Å²) in [5.74, 6) is 0.214. The number of halogens is 2. The van der Waals surface area contributed by atoms with Crippen molar-refractivity contribution in [2.24, 2.45) is 0 Å². The molecule has 0 spiro atoms. The van der Waals surface area contributed by atoms with Crippen molar-refractivity contribution < 1.29 is 19.1 Å². The predicted octanol–water partition coefficient (Wildman–Crippen LogP) is 6.52. The van der Waals surface area contributed by atoms with Crippen molar-refractivity contribution in [2.45, 2.75) is 13.5 Å². The second kappa shape index (κ2) is 11.8. The molecule has 1 N–H and O–H groups in total. The number of hydrogen-bond acceptors (Lipinski definition) is 6. The molecule has 0 unspecified atom stereocenters. The lowest BCUT2D eigenvalue weighted by atomic mass is 10.1. The third-order valence-corrected chi connectivity index (χ3v) is 6.90. The van der Waals surface area contributed by atoms with Crippen LogP contribution in [0.1, 0.15) is 28.4 Å². The Morgan fingerprint density at radius 1 is 1.06 bits per heavy atom. The van der Waals surface area contributed by atoms with E-state index in [2.05, 4.69) is 5.43 Å². The molecule has 1 aliphatic heterocycles. The molecule has 0 saturated carbocycles. The Bertz CT molecular complexity index is 1350. The largest absolute Gasteiger partial charge is 0.490 e. The van der Waals surface area contributed by atoms with Crippen LogP contribution in [-0.2, 0) is 11.4 Å². The molecule has 36 heavy (non-hydrogen) atoms. The number of carbonyl (C=O) groups excluding carboxylic acids is 2. The molecule has 0 atom stereocenters. The molecule has 1 heterocycles. The number of ether oxygens (including phenoxy) is 2. The molecule has 1 fully saturated rings. The molecule has 4 rings (SSSR count). The van der Waals surface area contributed by atoms with E-state index in [1.165, 1.54) is 0 Å². The van der Waals surface area contributed by atoms with Gasteiger partial charge in [-0.15, -0.1) is 0 Å². The van der Waals surface area contributed by atoms with Crippen LogP contribution in [0.2, 0.25) is 10.0 Å². The third-order valence-electron chi connectivity index (χ3n) is 5.01. The molecule has 6 nitrogen and oxygen atoms in total. The summed E-state index contributed by atoms with van der Waals surface area (Å²) < 4.78 is 11.9. The molecule has 1 aliphatic rings. The van der Waals surface area contributed by atoms with E-state index in [1.54, 1.807) is 72.8 Å². The predicted molar refractivity (Wildman–Crippen MR) is 147 cm³/mol. The molecule has 3 aromatic carbocycles. The average molecular weight is 559 g/mol. The summed E-state index contributed by atoms with van der Waals surface area (Å²) in [4.78, 5) is 25.8. The standard InChI is InChI=1S/C26H20Cl2N2O4S2/c1-2-33-22-12-16(8-11-21(22)34-15-18-9-10-19(27)14-20(18)28)13-23-25(32)30(26(35)36-23)29-24(31)17-6-4-3-5-7-17/h3-14H,2,15H2,1H3,(H,29,31)/b23-13+. The summed E-state index contributed by atoms with van der Waals surface area (Å²) >= 11 is 18.6. The Balaban J connectivity index is 1.49. The molecule has 1 saturated heterocycles. The number of amides is 2. The second-order valence-electron chi connectivity index (χ2n) is 7.49. The van der Waals surface area contributed by atoms with E-state index in [9.17, 15) is 9.59 Å². The van der Waals surface area contributed by atoms with Gasteiger partial charge in [-0.2, -0.15) is 5.01 Å². The fourth-order valence-corrected chi connectivity index (χ4v) is 4.91. The van der Waals surface area contributed by atoms with Crippen LogP contribution in [0, 0.1) is 0 Å². The minimum atomic E-state index is -0.422. The first-order valence-corrected chi connectivity index (χ1v) is 12.8. The minimum absolute atomic E-state index is 0.231. The molecule has 3 aromatic rings. The van der Waals surface area contributed by atoms with Gasteiger partial charge in [0, 0.05) is 21.2 Å². The maximum atomic E-state index is 12.9. The summed E-state index contributed by atoms with van der Waals surface area (Å²) in [5.41, 5.74) is 4.49. The molecule has 2 amide bonds. The zero-order valence-corrected chi connectivity index (χ0v) is 22.1. The lowest BCUT2D eigenvalue weighted by Crippen LogP contribution is -2.44. The Morgan fingerprint density at radius 3 is 2.56 bits per heavy atom. The summed E-state index contributed by atoms with van der Waals surface area (Å²) in [7, 11) is 0. The van der Waals surface area contributed by atoms with E-state index in [1.807, 2.05) is 6.92 Å². The number of hydrazine groups is 1. The zero-order valence-electron chi connectivity index (χ0n) is 19.0. The number of benzene rings is 3. The molecule has 184 valence electrons. The average Bonchev–Trinajstić information content (AvgIpc) is 3.12. The van der Waals surface area contributed by atoms with Crippen LogP contribution in [0.15, 0.2) is 71.6 Å². The normalized spacial score (nSPS) is 14.3. The lowest BCUT2D eigenvalue weighted by molar-refractivity contribution is -0.123. The van der Waals surface area contributed by atoms with Crippen molar-refractivity contribution >= 4 is 69.4 Å². The number of nitrogens with one attached hydrogen (secondary N) is 1. The Labute approximate surface area is 228 Å². The van der Waals surface area contributed by atoms with E-state index in [0.717, 1.165) is 22.3 Å². The number of thiocarbonyl (C=S) groups is 1. The van der Waals surface area contributed by atoms with Gasteiger partial charge in [-0.1, -0.05) is 65.3 Å². The maximum Gasteiger partial charge on any atom is 0.285 e. The second-order valence-corrected chi connectivity index (χ2v) is 10.0. The van der Waals surface area contributed by atoms with Crippen LogP contribution in [-0.4, -0.2) is 27.8 Å². The molecule has 0 aliphatic carbocycles. The van der Waals surface area contributed by atoms with Gasteiger partial charge in [0.05, 0.1) is 11.5 Å². The lowest BCUT2D eigenvalue weighted by Gasteiger charge is -2.15.